The first-order valence-corrected chi connectivity index (χ1v) is 7.37. The second kappa shape index (κ2) is 5.55. The third-order valence-corrected chi connectivity index (χ3v) is 5.44. The molecule has 1 aromatic rings. The van der Waals surface area contributed by atoms with E-state index in [1.165, 1.54) is 6.42 Å². The fourth-order valence-corrected chi connectivity index (χ4v) is 2.87. The van der Waals surface area contributed by atoms with Crippen LogP contribution in [-0.4, -0.2) is 17.1 Å². The van der Waals surface area contributed by atoms with Crippen LogP contribution in [0.1, 0.15) is 37.9 Å². The van der Waals surface area contributed by atoms with Gasteiger partial charge in [-0.2, -0.15) is 0 Å². The number of ether oxygens (including phenoxy) is 1. The number of aromatic nitrogens is 2. The van der Waals surface area contributed by atoms with Crippen molar-refractivity contribution < 1.29 is 4.74 Å². The highest BCUT2D eigenvalue weighted by Crippen LogP contribution is 2.39. The van der Waals surface area contributed by atoms with Crippen molar-refractivity contribution >= 4 is 45.8 Å². The van der Waals surface area contributed by atoms with Crippen molar-refractivity contribution in [1.29, 1.82) is 0 Å². The maximum absolute atomic E-state index is 6.06. The summed E-state index contributed by atoms with van der Waals surface area (Å²) in [4.78, 5) is 8.68. The molecule has 1 aliphatic rings. The zero-order valence-electron chi connectivity index (χ0n) is 9.47. The molecule has 3 nitrogen and oxygen atoms in total. The number of nitrogens with zero attached hydrogens (tertiary/aromatic N) is 2. The summed E-state index contributed by atoms with van der Waals surface area (Å²) in [5.41, 5.74) is -0.407. The van der Waals surface area contributed by atoms with Crippen LogP contribution in [0.5, 0.6) is 0 Å². The lowest BCUT2D eigenvalue weighted by Gasteiger charge is -2.34. The van der Waals surface area contributed by atoms with Gasteiger partial charge >= 0.3 is 0 Å². The van der Waals surface area contributed by atoms with Gasteiger partial charge in [-0.05, 0) is 35.4 Å². The molecular weight excluding hydrogens is 374 g/mol. The largest absolute Gasteiger partial charge is 0.370 e. The molecule has 1 saturated carbocycles. The molecular formula is C11H13Cl2IN2O. The van der Waals surface area contributed by atoms with E-state index < -0.39 is 5.60 Å². The molecule has 1 aromatic heterocycles. The zero-order chi connectivity index (χ0) is 12.5. The van der Waals surface area contributed by atoms with Gasteiger partial charge in [0.2, 0.25) is 0 Å². The molecule has 1 aliphatic carbocycles. The zero-order valence-corrected chi connectivity index (χ0v) is 13.1. The Morgan fingerprint density at radius 3 is 2.12 bits per heavy atom. The van der Waals surface area contributed by atoms with Crippen molar-refractivity contribution in [2.45, 2.75) is 37.7 Å². The van der Waals surface area contributed by atoms with Crippen molar-refractivity contribution in [2.24, 2.45) is 0 Å². The van der Waals surface area contributed by atoms with Crippen molar-refractivity contribution in [1.82, 2.24) is 9.97 Å². The molecule has 0 unspecified atom stereocenters. The van der Waals surface area contributed by atoms with Gasteiger partial charge in [-0.15, -0.1) is 0 Å². The quantitative estimate of drug-likeness (QED) is 0.564. The monoisotopic (exact) mass is 386 g/mol. The van der Waals surface area contributed by atoms with E-state index in [0.29, 0.717) is 19.7 Å². The average molecular weight is 387 g/mol. The molecule has 0 N–H and O–H groups in total. The second-order valence-electron chi connectivity index (χ2n) is 4.20. The minimum absolute atomic E-state index is 0.405. The smallest absolute Gasteiger partial charge is 0.163 e. The molecule has 0 bridgehead atoms. The lowest BCUT2D eigenvalue weighted by molar-refractivity contribution is -0.0515. The Morgan fingerprint density at radius 2 is 1.65 bits per heavy atom. The molecule has 0 aromatic carbocycles. The summed E-state index contributed by atoms with van der Waals surface area (Å²) in [6.45, 7) is 0. The summed E-state index contributed by atoms with van der Waals surface area (Å²) in [7, 11) is 1.70. The Kier molecular flexibility index (Phi) is 4.50. The Labute approximate surface area is 124 Å². The van der Waals surface area contributed by atoms with E-state index in [0.717, 1.165) is 25.7 Å². The van der Waals surface area contributed by atoms with E-state index in [1.54, 1.807) is 7.11 Å². The highest BCUT2D eigenvalue weighted by molar-refractivity contribution is 14.1. The van der Waals surface area contributed by atoms with Gasteiger partial charge in [-0.1, -0.05) is 42.5 Å². The Balaban J connectivity index is 2.43. The van der Waals surface area contributed by atoms with Gasteiger partial charge in [0.05, 0.1) is 3.57 Å². The minimum atomic E-state index is -0.407. The predicted molar refractivity (Wildman–Crippen MR) is 76.5 cm³/mol. The molecule has 0 radical (unpaired) electrons. The summed E-state index contributed by atoms with van der Waals surface area (Å²) in [5, 5.41) is 0.810. The molecule has 0 spiro atoms. The van der Waals surface area contributed by atoms with Crippen LogP contribution in [0.3, 0.4) is 0 Å². The second-order valence-corrected chi connectivity index (χ2v) is 6.00. The summed E-state index contributed by atoms with van der Waals surface area (Å²) < 4.78 is 6.36. The molecule has 0 amide bonds. The first-order valence-electron chi connectivity index (χ1n) is 5.53. The Bertz CT molecular complexity index is 399. The van der Waals surface area contributed by atoms with E-state index >= 15 is 0 Å². The van der Waals surface area contributed by atoms with E-state index in [2.05, 4.69) is 9.97 Å². The molecule has 1 heterocycles. The van der Waals surface area contributed by atoms with Crippen LogP contribution in [0.15, 0.2) is 0 Å². The first-order chi connectivity index (χ1) is 8.09. The summed E-state index contributed by atoms with van der Waals surface area (Å²) in [6, 6.07) is 0. The standard InChI is InChI=1S/C11H13Cl2IN2O/c1-17-11(5-3-2-4-6-11)10-15-8(12)7(14)9(13)16-10/h2-6H2,1H3. The molecule has 6 heteroatoms. The van der Waals surface area contributed by atoms with Gasteiger partial charge in [0, 0.05) is 7.11 Å². The molecule has 17 heavy (non-hydrogen) atoms. The van der Waals surface area contributed by atoms with Crippen LogP contribution in [0.4, 0.5) is 0 Å². The predicted octanol–water partition coefficient (Wildman–Crippen LogP) is 4.19. The highest BCUT2D eigenvalue weighted by Gasteiger charge is 2.37. The van der Waals surface area contributed by atoms with Crippen molar-refractivity contribution in [2.75, 3.05) is 7.11 Å². The number of rotatable bonds is 2. The van der Waals surface area contributed by atoms with Crippen LogP contribution < -0.4 is 0 Å². The SMILES string of the molecule is COC1(c2nc(Cl)c(I)c(Cl)n2)CCCCC1. The molecule has 0 saturated heterocycles. The third-order valence-electron chi connectivity index (χ3n) is 3.23. The first kappa shape index (κ1) is 13.8. The molecule has 0 atom stereocenters. The van der Waals surface area contributed by atoms with Gasteiger partial charge < -0.3 is 4.74 Å². The number of halogens is 3. The van der Waals surface area contributed by atoms with E-state index in [9.17, 15) is 0 Å². The normalized spacial score (nSPS) is 19.3. The van der Waals surface area contributed by atoms with Crippen molar-refractivity contribution in [3.63, 3.8) is 0 Å². The van der Waals surface area contributed by atoms with Crippen LogP contribution in [0.25, 0.3) is 0 Å². The number of hydrogen-bond donors (Lipinski definition) is 0. The summed E-state index contributed by atoms with van der Waals surface area (Å²) >= 11 is 14.2. The van der Waals surface area contributed by atoms with Gasteiger partial charge in [-0.3, -0.25) is 0 Å². The molecule has 94 valence electrons. The maximum Gasteiger partial charge on any atom is 0.163 e. The van der Waals surface area contributed by atoms with Gasteiger partial charge in [-0.25, -0.2) is 9.97 Å². The third kappa shape index (κ3) is 2.69. The highest BCUT2D eigenvalue weighted by atomic mass is 127. The maximum atomic E-state index is 6.06. The average Bonchev–Trinajstić information content (AvgIpc) is 2.36. The van der Waals surface area contributed by atoms with Crippen LogP contribution in [0, 0.1) is 3.57 Å². The van der Waals surface area contributed by atoms with E-state index in [-0.39, 0.29) is 0 Å². The van der Waals surface area contributed by atoms with Crippen LogP contribution in [-0.2, 0) is 10.3 Å². The number of hydrogen-bond acceptors (Lipinski definition) is 3. The lowest BCUT2D eigenvalue weighted by atomic mass is 9.84. The summed E-state index contributed by atoms with van der Waals surface area (Å²) in [6.07, 6.45) is 5.33. The van der Waals surface area contributed by atoms with Gasteiger partial charge in [0.1, 0.15) is 15.9 Å². The molecule has 0 aliphatic heterocycles. The topological polar surface area (TPSA) is 35.0 Å². The van der Waals surface area contributed by atoms with Crippen LogP contribution >= 0.6 is 45.8 Å². The fourth-order valence-electron chi connectivity index (χ4n) is 2.24. The van der Waals surface area contributed by atoms with Crippen LogP contribution in [0.2, 0.25) is 10.3 Å². The lowest BCUT2D eigenvalue weighted by Crippen LogP contribution is -2.33. The Hall–Kier alpha value is 0.350. The molecule has 1 fully saturated rings. The summed E-state index contributed by atoms with van der Waals surface area (Å²) in [5.74, 6) is 0.620. The minimum Gasteiger partial charge on any atom is -0.370 e. The number of methoxy groups -OCH3 is 1. The van der Waals surface area contributed by atoms with E-state index in [4.69, 9.17) is 27.9 Å². The van der Waals surface area contributed by atoms with Crippen molar-refractivity contribution in [3.8, 4) is 0 Å². The van der Waals surface area contributed by atoms with Gasteiger partial charge in [0.15, 0.2) is 5.82 Å². The molecule has 2 rings (SSSR count). The Morgan fingerprint density at radius 1 is 1.12 bits per heavy atom. The van der Waals surface area contributed by atoms with E-state index in [1.807, 2.05) is 22.6 Å². The van der Waals surface area contributed by atoms with Crippen molar-refractivity contribution in [3.05, 3.63) is 19.7 Å². The van der Waals surface area contributed by atoms with Gasteiger partial charge in [0.25, 0.3) is 0 Å². The fraction of sp³-hybridized carbons (Fsp3) is 0.636.